The lowest BCUT2D eigenvalue weighted by Gasteiger charge is -2.36. The Hall–Kier alpha value is -0.800. The summed E-state index contributed by atoms with van der Waals surface area (Å²) in [6.07, 6.45) is 5.27. The molecule has 3 nitrogen and oxygen atoms in total. The maximum absolute atomic E-state index is 5.94. The van der Waals surface area contributed by atoms with Gasteiger partial charge in [0.25, 0.3) is 0 Å². The van der Waals surface area contributed by atoms with Crippen LogP contribution in [-0.4, -0.2) is 24.0 Å². The molecule has 1 aliphatic heterocycles. The average molecular weight is 276 g/mol. The van der Waals surface area contributed by atoms with Crippen molar-refractivity contribution in [1.82, 2.24) is 10.2 Å². The molecule has 2 aliphatic rings. The van der Waals surface area contributed by atoms with Gasteiger partial charge in [-0.3, -0.25) is 4.90 Å². The number of likely N-dealkylation sites (tertiary alicyclic amines) is 1. The summed E-state index contributed by atoms with van der Waals surface area (Å²) in [5.41, 5.74) is 1.86. The van der Waals surface area contributed by atoms with Gasteiger partial charge in [0.05, 0.1) is 6.54 Å². The summed E-state index contributed by atoms with van der Waals surface area (Å²) in [4.78, 5) is 2.53. The van der Waals surface area contributed by atoms with Crippen LogP contribution in [-0.2, 0) is 13.1 Å². The average Bonchev–Trinajstić information content (AvgIpc) is 3.15. The van der Waals surface area contributed by atoms with E-state index >= 15 is 0 Å². The third kappa shape index (κ3) is 3.64. The Kier molecular flexibility index (Phi) is 3.91. The van der Waals surface area contributed by atoms with Gasteiger partial charge in [-0.1, -0.05) is 13.8 Å². The van der Waals surface area contributed by atoms with Gasteiger partial charge in [-0.25, -0.2) is 0 Å². The molecule has 1 aromatic heterocycles. The van der Waals surface area contributed by atoms with E-state index in [1.807, 2.05) is 0 Å². The summed E-state index contributed by atoms with van der Waals surface area (Å²) >= 11 is 0. The number of hydrogen-bond acceptors (Lipinski definition) is 3. The van der Waals surface area contributed by atoms with Crippen molar-refractivity contribution in [2.45, 2.75) is 65.6 Å². The Labute approximate surface area is 122 Å². The molecule has 3 heteroatoms. The molecule has 1 saturated carbocycles. The first kappa shape index (κ1) is 14.2. The summed E-state index contributed by atoms with van der Waals surface area (Å²) in [6.45, 7) is 11.2. The van der Waals surface area contributed by atoms with Crippen molar-refractivity contribution in [2.75, 3.05) is 13.1 Å². The predicted octanol–water partition coefficient (Wildman–Crippen LogP) is 3.46. The smallest absolute Gasteiger partial charge is 0.118 e. The van der Waals surface area contributed by atoms with Gasteiger partial charge in [0.15, 0.2) is 0 Å². The third-order valence-corrected chi connectivity index (χ3v) is 4.82. The van der Waals surface area contributed by atoms with Gasteiger partial charge in [-0.2, -0.15) is 0 Å². The summed E-state index contributed by atoms with van der Waals surface area (Å²) in [6, 6.07) is 3.02. The third-order valence-electron chi connectivity index (χ3n) is 4.82. The molecule has 0 amide bonds. The van der Waals surface area contributed by atoms with Crippen LogP contribution < -0.4 is 5.32 Å². The zero-order valence-electron chi connectivity index (χ0n) is 13.2. The van der Waals surface area contributed by atoms with Crippen LogP contribution in [0, 0.1) is 12.3 Å². The minimum atomic E-state index is 0.523. The molecule has 20 heavy (non-hydrogen) atoms. The molecule has 2 heterocycles. The second kappa shape index (κ2) is 5.53. The van der Waals surface area contributed by atoms with Gasteiger partial charge in [-0.15, -0.1) is 0 Å². The van der Waals surface area contributed by atoms with E-state index in [9.17, 15) is 0 Å². The summed E-state index contributed by atoms with van der Waals surface area (Å²) in [7, 11) is 0. The summed E-state index contributed by atoms with van der Waals surface area (Å²) in [5.74, 6) is 2.22. The second-order valence-corrected chi connectivity index (χ2v) is 7.39. The number of hydrogen-bond donors (Lipinski definition) is 1. The highest BCUT2D eigenvalue weighted by Gasteiger charge is 2.26. The Morgan fingerprint density at radius 1 is 1.30 bits per heavy atom. The fourth-order valence-corrected chi connectivity index (χ4v) is 2.92. The number of furan rings is 1. The van der Waals surface area contributed by atoms with Gasteiger partial charge in [0.1, 0.15) is 11.5 Å². The molecule has 0 aromatic carbocycles. The Morgan fingerprint density at radius 3 is 2.65 bits per heavy atom. The van der Waals surface area contributed by atoms with E-state index in [2.05, 4.69) is 37.1 Å². The van der Waals surface area contributed by atoms with Crippen LogP contribution in [0.2, 0.25) is 0 Å². The zero-order chi connectivity index (χ0) is 14.2. The van der Waals surface area contributed by atoms with Crippen molar-refractivity contribution >= 4 is 0 Å². The first-order valence-electron chi connectivity index (χ1n) is 8.06. The molecular weight excluding hydrogens is 248 g/mol. The van der Waals surface area contributed by atoms with Crippen LogP contribution >= 0.6 is 0 Å². The van der Waals surface area contributed by atoms with Gasteiger partial charge < -0.3 is 9.73 Å². The Bertz CT molecular complexity index is 450. The molecule has 0 unspecified atom stereocenters. The number of nitrogens with zero attached hydrogens (tertiary/aromatic N) is 1. The molecular formula is C17H28N2O. The molecule has 112 valence electrons. The monoisotopic (exact) mass is 276 g/mol. The molecule has 1 N–H and O–H groups in total. The lowest BCUT2D eigenvalue weighted by molar-refractivity contribution is 0.120. The zero-order valence-corrected chi connectivity index (χ0v) is 13.2. The largest absolute Gasteiger partial charge is 0.465 e. The molecule has 0 spiro atoms. The topological polar surface area (TPSA) is 28.4 Å². The second-order valence-electron chi connectivity index (χ2n) is 7.39. The van der Waals surface area contributed by atoms with Gasteiger partial charge in [0, 0.05) is 18.2 Å². The lowest BCUT2D eigenvalue weighted by atomic mass is 9.83. The van der Waals surface area contributed by atoms with Crippen molar-refractivity contribution in [2.24, 2.45) is 5.41 Å². The summed E-state index contributed by atoms with van der Waals surface area (Å²) in [5, 5.41) is 3.57. The van der Waals surface area contributed by atoms with Crippen molar-refractivity contribution < 1.29 is 4.42 Å². The van der Waals surface area contributed by atoms with E-state index in [4.69, 9.17) is 4.42 Å². The van der Waals surface area contributed by atoms with E-state index in [0.717, 1.165) is 30.7 Å². The summed E-state index contributed by atoms with van der Waals surface area (Å²) < 4.78 is 5.94. The number of piperidine rings is 1. The van der Waals surface area contributed by atoms with Crippen molar-refractivity contribution in [1.29, 1.82) is 0 Å². The van der Waals surface area contributed by atoms with Crippen LogP contribution in [0.5, 0.6) is 0 Å². The molecule has 0 atom stereocenters. The molecule has 0 radical (unpaired) electrons. The van der Waals surface area contributed by atoms with E-state index in [1.54, 1.807) is 0 Å². The quantitative estimate of drug-likeness (QED) is 0.892. The molecule has 3 rings (SSSR count). The minimum Gasteiger partial charge on any atom is -0.465 e. The van der Waals surface area contributed by atoms with Gasteiger partial charge >= 0.3 is 0 Å². The van der Waals surface area contributed by atoms with Crippen LogP contribution in [0.15, 0.2) is 10.5 Å². The molecule has 1 aromatic rings. The standard InChI is InChI=1S/C17H28N2O/c1-13-14(11-18-15-4-5-15)10-16(20-13)12-19-8-6-17(2,3)7-9-19/h10,15,18H,4-9,11-12H2,1-3H3. The fourth-order valence-electron chi connectivity index (χ4n) is 2.92. The van der Waals surface area contributed by atoms with E-state index < -0.39 is 0 Å². The van der Waals surface area contributed by atoms with Crippen LogP contribution in [0.3, 0.4) is 0 Å². The molecule has 2 fully saturated rings. The molecule has 1 saturated heterocycles. The normalized spacial score (nSPS) is 23.1. The first-order valence-corrected chi connectivity index (χ1v) is 8.06. The van der Waals surface area contributed by atoms with E-state index in [-0.39, 0.29) is 0 Å². The van der Waals surface area contributed by atoms with Crippen molar-refractivity contribution in [3.8, 4) is 0 Å². The Balaban J connectivity index is 1.53. The van der Waals surface area contributed by atoms with Crippen LogP contribution in [0.1, 0.15) is 56.6 Å². The fraction of sp³-hybridized carbons (Fsp3) is 0.765. The van der Waals surface area contributed by atoms with E-state index in [1.165, 1.54) is 44.3 Å². The van der Waals surface area contributed by atoms with Gasteiger partial charge in [0.2, 0.25) is 0 Å². The predicted molar refractivity (Wildman–Crippen MR) is 81.6 cm³/mol. The van der Waals surface area contributed by atoms with Crippen molar-refractivity contribution in [3.63, 3.8) is 0 Å². The highest BCUT2D eigenvalue weighted by Crippen LogP contribution is 2.30. The van der Waals surface area contributed by atoms with Crippen LogP contribution in [0.4, 0.5) is 0 Å². The molecule has 0 bridgehead atoms. The van der Waals surface area contributed by atoms with Crippen molar-refractivity contribution in [3.05, 3.63) is 23.2 Å². The molecule has 1 aliphatic carbocycles. The van der Waals surface area contributed by atoms with E-state index in [0.29, 0.717) is 5.41 Å². The van der Waals surface area contributed by atoms with Crippen LogP contribution in [0.25, 0.3) is 0 Å². The maximum atomic E-state index is 5.94. The lowest BCUT2D eigenvalue weighted by Crippen LogP contribution is -2.36. The maximum Gasteiger partial charge on any atom is 0.118 e. The van der Waals surface area contributed by atoms with Gasteiger partial charge in [-0.05, 0) is 57.2 Å². The highest BCUT2D eigenvalue weighted by atomic mass is 16.3. The number of aryl methyl sites for hydroxylation is 1. The SMILES string of the molecule is Cc1oc(CN2CCC(C)(C)CC2)cc1CNC1CC1. The first-order chi connectivity index (χ1) is 9.52. The minimum absolute atomic E-state index is 0.523. The highest BCUT2D eigenvalue weighted by molar-refractivity contribution is 5.21. The number of nitrogens with one attached hydrogen (secondary N) is 1. The Morgan fingerprint density at radius 2 is 2.00 bits per heavy atom. The number of rotatable bonds is 5.